The number of carbonyl (C=O) groups is 3. The van der Waals surface area contributed by atoms with Crippen LogP contribution in [0.15, 0.2) is 0 Å². The first kappa shape index (κ1) is 27.6. The average Bonchev–Trinajstić information content (AvgIpc) is 3.27. The average molecular weight is 469 g/mol. The van der Waals surface area contributed by atoms with E-state index in [-0.39, 0.29) is 36.2 Å². The summed E-state index contributed by atoms with van der Waals surface area (Å²) in [7, 11) is 0. The minimum absolute atomic E-state index is 0.0192. The Balaban J connectivity index is 2.24. The highest BCUT2D eigenvalue weighted by molar-refractivity contribution is 5.92. The lowest BCUT2D eigenvalue weighted by atomic mass is 9.88. The van der Waals surface area contributed by atoms with Crippen LogP contribution in [0.25, 0.3) is 0 Å². The van der Waals surface area contributed by atoms with Crippen molar-refractivity contribution in [3.05, 3.63) is 0 Å². The Bertz CT molecular complexity index is 669. The monoisotopic (exact) mass is 468 g/mol. The van der Waals surface area contributed by atoms with Crippen LogP contribution in [0.3, 0.4) is 0 Å². The van der Waals surface area contributed by atoms with Gasteiger partial charge in [-0.15, -0.1) is 0 Å². The number of nitrogens with zero attached hydrogens (tertiary/aromatic N) is 1. The molecule has 2 saturated heterocycles. The van der Waals surface area contributed by atoms with Gasteiger partial charge in [-0.3, -0.25) is 9.59 Å². The zero-order chi connectivity index (χ0) is 24.7. The minimum Gasteiger partial charge on any atom is -0.460 e. The summed E-state index contributed by atoms with van der Waals surface area (Å²) in [6.07, 6.45) is 3.48. The third-order valence-corrected chi connectivity index (χ3v) is 7.48. The second-order valence-corrected chi connectivity index (χ2v) is 10.2. The van der Waals surface area contributed by atoms with Gasteiger partial charge < -0.3 is 25.2 Å². The van der Waals surface area contributed by atoms with E-state index in [1.165, 1.54) is 0 Å². The van der Waals surface area contributed by atoms with Gasteiger partial charge in [0, 0.05) is 13.0 Å². The number of amides is 2. The lowest BCUT2D eigenvalue weighted by Crippen LogP contribution is -2.56. The normalized spacial score (nSPS) is 32.2. The Morgan fingerprint density at radius 2 is 1.79 bits per heavy atom. The summed E-state index contributed by atoms with van der Waals surface area (Å²) in [5.74, 6) is -1.87. The zero-order valence-corrected chi connectivity index (χ0v) is 21.0. The summed E-state index contributed by atoms with van der Waals surface area (Å²) < 4.78 is 5.93. The predicted octanol–water partition coefficient (Wildman–Crippen LogP) is 2.40. The number of nitrogens with one attached hydrogen (secondary N) is 1. The van der Waals surface area contributed by atoms with E-state index in [0.29, 0.717) is 32.2 Å². The van der Waals surface area contributed by atoms with Gasteiger partial charge in [0.05, 0.1) is 18.1 Å². The number of cyclic esters (lactones) is 1. The molecule has 190 valence electrons. The maximum absolute atomic E-state index is 13.4. The quantitative estimate of drug-likeness (QED) is 0.372. The van der Waals surface area contributed by atoms with Crippen molar-refractivity contribution in [2.75, 3.05) is 6.54 Å². The van der Waals surface area contributed by atoms with Gasteiger partial charge in [-0.2, -0.15) is 0 Å². The molecule has 0 bridgehead atoms. The Hall–Kier alpha value is -1.67. The summed E-state index contributed by atoms with van der Waals surface area (Å²) in [5, 5.41) is 23.2. The SMILES string of the molecule is CC[C@@H](C)[C@H]1NC(=O)[C@H](C)[C@@H](O)C[C@@H]([C@H](C)CCCC[C@H](C)O)OC(=O)[C@@H]2CCCN2C1=O. The van der Waals surface area contributed by atoms with Crippen molar-refractivity contribution >= 4 is 17.8 Å². The number of esters is 1. The zero-order valence-electron chi connectivity index (χ0n) is 21.0. The molecule has 2 amide bonds. The summed E-state index contributed by atoms with van der Waals surface area (Å²) in [4.78, 5) is 41.1. The van der Waals surface area contributed by atoms with Crippen LogP contribution in [0.5, 0.6) is 0 Å². The maximum Gasteiger partial charge on any atom is 0.329 e. The van der Waals surface area contributed by atoms with Crippen LogP contribution in [0.2, 0.25) is 0 Å². The number of aliphatic hydroxyl groups is 2. The number of hydrogen-bond acceptors (Lipinski definition) is 6. The van der Waals surface area contributed by atoms with Gasteiger partial charge in [0.2, 0.25) is 11.8 Å². The van der Waals surface area contributed by atoms with Crippen LogP contribution >= 0.6 is 0 Å². The first-order valence-electron chi connectivity index (χ1n) is 12.7. The highest BCUT2D eigenvalue weighted by Gasteiger charge is 2.42. The summed E-state index contributed by atoms with van der Waals surface area (Å²) in [6.45, 7) is 9.74. The second-order valence-electron chi connectivity index (χ2n) is 10.2. The molecule has 2 rings (SSSR count). The number of aliphatic hydroxyl groups excluding tert-OH is 2. The number of unbranched alkanes of at least 4 members (excludes halogenated alkanes) is 1. The molecule has 8 atom stereocenters. The highest BCUT2D eigenvalue weighted by atomic mass is 16.5. The van der Waals surface area contributed by atoms with Crippen molar-refractivity contribution in [1.82, 2.24) is 10.2 Å². The molecule has 2 aliphatic rings. The van der Waals surface area contributed by atoms with Crippen molar-refractivity contribution in [3.8, 4) is 0 Å². The fraction of sp³-hybridized carbons (Fsp3) is 0.880. The summed E-state index contributed by atoms with van der Waals surface area (Å²) in [5.41, 5.74) is 0. The van der Waals surface area contributed by atoms with E-state index in [0.717, 1.165) is 19.3 Å². The molecular formula is C25H44N2O6. The molecule has 8 nitrogen and oxygen atoms in total. The highest BCUT2D eigenvalue weighted by Crippen LogP contribution is 2.28. The first-order valence-corrected chi connectivity index (χ1v) is 12.7. The lowest BCUT2D eigenvalue weighted by molar-refractivity contribution is -0.164. The predicted molar refractivity (Wildman–Crippen MR) is 125 cm³/mol. The Labute approximate surface area is 198 Å². The number of fused-ring (bicyclic) bond motifs is 1. The van der Waals surface area contributed by atoms with Crippen LogP contribution in [-0.2, 0) is 19.1 Å². The molecular weight excluding hydrogens is 424 g/mol. The largest absolute Gasteiger partial charge is 0.460 e. The molecule has 8 heteroatoms. The van der Waals surface area contributed by atoms with E-state index in [9.17, 15) is 24.6 Å². The van der Waals surface area contributed by atoms with Crippen molar-refractivity contribution in [1.29, 1.82) is 0 Å². The van der Waals surface area contributed by atoms with Crippen molar-refractivity contribution in [2.24, 2.45) is 17.8 Å². The molecule has 0 aromatic carbocycles. The molecule has 33 heavy (non-hydrogen) atoms. The second kappa shape index (κ2) is 12.7. The number of carbonyl (C=O) groups excluding carboxylic acids is 3. The van der Waals surface area contributed by atoms with Gasteiger partial charge in [0.25, 0.3) is 0 Å². The Morgan fingerprint density at radius 1 is 1.12 bits per heavy atom. The van der Waals surface area contributed by atoms with Crippen molar-refractivity contribution in [2.45, 2.75) is 116 Å². The minimum atomic E-state index is -0.991. The van der Waals surface area contributed by atoms with E-state index in [2.05, 4.69) is 5.32 Å². The topological polar surface area (TPSA) is 116 Å². The van der Waals surface area contributed by atoms with E-state index in [1.807, 2.05) is 20.8 Å². The van der Waals surface area contributed by atoms with Gasteiger partial charge in [-0.1, -0.05) is 47.0 Å². The van der Waals surface area contributed by atoms with Crippen LogP contribution in [0.4, 0.5) is 0 Å². The van der Waals surface area contributed by atoms with E-state index >= 15 is 0 Å². The Kier molecular flexibility index (Phi) is 10.6. The lowest BCUT2D eigenvalue weighted by Gasteiger charge is -2.35. The van der Waals surface area contributed by atoms with Crippen molar-refractivity contribution < 1.29 is 29.3 Å². The molecule has 0 radical (unpaired) electrons. The van der Waals surface area contributed by atoms with E-state index in [4.69, 9.17) is 4.74 Å². The third-order valence-electron chi connectivity index (χ3n) is 7.48. The molecule has 2 fully saturated rings. The number of hydrogen-bond donors (Lipinski definition) is 3. The molecule has 0 saturated carbocycles. The van der Waals surface area contributed by atoms with Gasteiger partial charge in [0.1, 0.15) is 18.2 Å². The van der Waals surface area contributed by atoms with E-state index < -0.39 is 36.2 Å². The molecule has 3 N–H and O–H groups in total. The molecule has 2 heterocycles. The van der Waals surface area contributed by atoms with E-state index in [1.54, 1.807) is 18.7 Å². The van der Waals surface area contributed by atoms with Gasteiger partial charge in [-0.05, 0) is 44.4 Å². The number of rotatable bonds is 8. The summed E-state index contributed by atoms with van der Waals surface area (Å²) >= 11 is 0. The molecule has 2 aliphatic heterocycles. The van der Waals surface area contributed by atoms with Crippen LogP contribution in [0, 0.1) is 17.8 Å². The van der Waals surface area contributed by atoms with Crippen LogP contribution in [0.1, 0.15) is 86.0 Å². The smallest absolute Gasteiger partial charge is 0.329 e. The van der Waals surface area contributed by atoms with Gasteiger partial charge in [0.15, 0.2) is 0 Å². The molecule has 0 unspecified atom stereocenters. The number of ether oxygens (including phenoxy) is 1. The fourth-order valence-corrected chi connectivity index (χ4v) is 4.76. The summed E-state index contributed by atoms with van der Waals surface area (Å²) in [6, 6.07) is -1.38. The third kappa shape index (κ3) is 7.41. The maximum atomic E-state index is 13.4. The molecule has 0 aromatic rings. The molecule has 0 aromatic heterocycles. The Morgan fingerprint density at radius 3 is 2.42 bits per heavy atom. The first-order chi connectivity index (χ1) is 15.6. The van der Waals surface area contributed by atoms with Crippen molar-refractivity contribution in [3.63, 3.8) is 0 Å². The molecule has 0 aliphatic carbocycles. The van der Waals surface area contributed by atoms with Crippen LogP contribution < -0.4 is 5.32 Å². The van der Waals surface area contributed by atoms with Crippen LogP contribution in [-0.4, -0.2) is 69.8 Å². The molecule has 0 spiro atoms. The standard InChI is InChI=1S/C25H44N2O6/c1-6-15(2)22-24(31)27-13-9-12-19(27)25(32)33-21(14-20(29)18(5)23(30)26-22)16(3)10-7-8-11-17(4)28/h15-22,28-29H,6-14H2,1-5H3,(H,26,30)/t15-,16-,17+,18-,19+,20+,21+,22-/m1/s1. The van der Waals surface area contributed by atoms with Gasteiger partial charge in [-0.25, -0.2) is 4.79 Å². The van der Waals surface area contributed by atoms with Gasteiger partial charge >= 0.3 is 5.97 Å². The fourth-order valence-electron chi connectivity index (χ4n) is 4.76.